The van der Waals surface area contributed by atoms with Gasteiger partial charge in [-0.3, -0.25) is 5.41 Å². The molecular weight excluding hydrogens is 641 g/mol. The van der Waals surface area contributed by atoms with Crippen LogP contribution in [0.4, 0.5) is 0 Å². The highest BCUT2D eigenvalue weighted by Crippen LogP contribution is 2.52. The van der Waals surface area contributed by atoms with Crippen molar-refractivity contribution in [3.63, 3.8) is 0 Å². The summed E-state index contributed by atoms with van der Waals surface area (Å²) in [6.45, 7) is 4.67. The van der Waals surface area contributed by atoms with Crippen molar-refractivity contribution >= 4 is 39.2 Å². The molecule has 0 heterocycles. The number of hydrogen-bond acceptors (Lipinski definition) is 1. The third-order valence-corrected chi connectivity index (χ3v) is 10.8. The van der Waals surface area contributed by atoms with Crippen molar-refractivity contribution in [3.8, 4) is 33.4 Å². The van der Waals surface area contributed by atoms with Crippen LogP contribution in [0.25, 0.3) is 61.0 Å². The molecule has 252 valence electrons. The molecule has 0 unspecified atom stereocenters. The maximum Gasteiger partial charge on any atom is 0.152 e. The fourth-order valence-electron chi connectivity index (χ4n) is 8.14. The molecule has 0 atom stereocenters. The third-order valence-electron chi connectivity index (χ3n) is 10.8. The van der Waals surface area contributed by atoms with Gasteiger partial charge in [-0.05, 0) is 89.8 Å². The van der Waals surface area contributed by atoms with Crippen LogP contribution in [-0.2, 0) is 5.41 Å². The molecule has 0 spiro atoms. The molecule has 0 bridgehead atoms. The van der Waals surface area contributed by atoms with Gasteiger partial charge in [0.05, 0.1) is 5.71 Å². The van der Waals surface area contributed by atoms with Gasteiger partial charge in [0.1, 0.15) is 0 Å². The van der Waals surface area contributed by atoms with Gasteiger partial charge in [0.15, 0.2) is 5.84 Å². The Morgan fingerprint density at radius 3 is 1.96 bits per heavy atom. The minimum absolute atomic E-state index is 0.0627. The average Bonchev–Trinajstić information content (AvgIpc) is 3.45. The van der Waals surface area contributed by atoms with Crippen molar-refractivity contribution in [1.29, 1.82) is 5.41 Å². The summed E-state index contributed by atoms with van der Waals surface area (Å²) in [5.41, 5.74) is 13.7. The molecule has 1 aliphatic rings. The first-order valence-electron chi connectivity index (χ1n) is 18.2. The summed E-state index contributed by atoms with van der Waals surface area (Å²) in [5.74, 6) is 0.223. The van der Waals surface area contributed by atoms with Crippen LogP contribution >= 0.6 is 0 Å². The van der Waals surface area contributed by atoms with E-state index in [2.05, 4.69) is 166 Å². The molecule has 0 aromatic heterocycles. The summed E-state index contributed by atoms with van der Waals surface area (Å²) < 4.78 is 0. The second kappa shape index (κ2) is 13.2. The highest BCUT2D eigenvalue weighted by Gasteiger charge is 2.36. The van der Waals surface area contributed by atoms with Gasteiger partial charge in [-0.1, -0.05) is 184 Å². The van der Waals surface area contributed by atoms with Crippen LogP contribution in [0.15, 0.2) is 187 Å². The van der Waals surface area contributed by atoms with Crippen LogP contribution in [0.3, 0.4) is 0 Å². The molecule has 2 heteroatoms. The van der Waals surface area contributed by atoms with Gasteiger partial charge in [0, 0.05) is 16.5 Å². The fourth-order valence-corrected chi connectivity index (χ4v) is 8.14. The molecule has 0 fully saturated rings. The van der Waals surface area contributed by atoms with E-state index in [0.717, 1.165) is 38.9 Å². The highest BCUT2D eigenvalue weighted by atomic mass is 14.8. The molecule has 0 radical (unpaired) electrons. The first kappa shape index (κ1) is 32.3. The predicted molar refractivity (Wildman–Crippen MR) is 225 cm³/mol. The minimum Gasteiger partial charge on any atom is -0.282 e. The van der Waals surface area contributed by atoms with Crippen LogP contribution in [0, 0.1) is 5.41 Å². The zero-order chi connectivity index (χ0) is 35.9. The molecule has 53 heavy (non-hydrogen) atoms. The minimum atomic E-state index is -0.0627. The van der Waals surface area contributed by atoms with E-state index in [1.165, 1.54) is 49.5 Å². The summed E-state index contributed by atoms with van der Waals surface area (Å²) in [4.78, 5) is 5.01. The number of aliphatic imine (C=N–C) groups is 1. The predicted octanol–water partition coefficient (Wildman–Crippen LogP) is 13.2. The van der Waals surface area contributed by atoms with Crippen molar-refractivity contribution in [2.75, 3.05) is 0 Å². The maximum atomic E-state index is 9.05. The molecule has 9 rings (SSSR count). The van der Waals surface area contributed by atoms with Gasteiger partial charge in [0.25, 0.3) is 0 Å². The molecule has 8 aromatic carbocycles. The average molecular weight is 679 g/mol. The van der Waals surface area contributed by atoms with Crippen LogP contribution in [0.2, 0.25) is 0 Å². The quantitative estimate of drug-likeness (QED) is 0.134. The Balaban J connectivity index is 1.20. The Kier molecular flexibility index (Phi) is 8.01. The zero-order valence-electron chi connectivity index (χ0n) is 29.8. The van der Waals surface area contributed by atoms with Gasteiger partial charge in [-0.2, -0.15) is 0 Å². The Bertz CT molecular complexity index is 2750. The number of fused-ring (bicyclic) bond motifs is 5. The summed E-state index contributed by atoms with van der Waals surface area (Å²) in [5, 5.41) is 13.7. The van der Waals surface area contributed by atoms with Gasteiger partial charge < -0.3 is 0 Å². The van der Waals surface area contributed by atoms with Gasteiger partial charge in [-0.25, -0.2) is 4.99 Å². The largest absolute Gasteiger partial charge is 0.282 e. The lowest BCUT2D eigenvalue weighted by Crippen LogP contribution is -2.14. The van der Waals surface area contributed by atoms with E-state index in [0.29, 0.717) is 0 Å². The molecule has 1 aliphatic carbocycles. The summed E-state index contributed by atoms with van der Waals surface area (Å²) in [6.07, 6.45) is 4.24. The lowest BCUT2D eigenvalue weighted by molar-refractivity contribution is 0.660. The first-order chi connectivity index (χ1) is 26.0. The van der Waals surface area contributed by atoms with E-state index < -0.39 is 0 Å². The SMILES string of the molecule is CC1(C)c2ccccc2-c2c(-c3ccc(/C=C/C(=NC(=N)c4ccccc4)c4cc(-c5ccccc5)c5ccccc5c4)c4ccccc34)cccc21. The van der Waals surface area contributed by atoms with E-state index in [1.54, 1.807) is 0 Å². The van der Waals surface area contributed by atoms with Gasteiger partial charge >= 0.3 is 0 Å². The van der Waals surface area contributed by atoms with Gasteiger partial charge in [0.2, 0.25) is 0 Å². The third kappa shape index (κ3) is 5.70. The Labute approximate surface area is 311 Å². The lowest BCUT2D eigenvalue weighted by atomic mass is 9.81. The van der Waals surface area contributed by atoms with Crippen molar-refractivity contribution in [2.45, 2.75) is 19.3 Å². The summed E-state index contributed by atoms with van der Waals surface area (Å²) in [6, 6.07) is 62.0. The van der Waals surface area contributed by atoms with Crippen LogP contribution in [0.1, 0.15) is 41.7 Å². The van der Waals surface area contributed by atoms with Crippen molar-refractivity contribution in [2.24, 2.45) is 4.99 Å². The second-order valence-corrected chi connectivity index (χ2v) is 14.3. The van der Waals surface area contributed by atoms with Crippen LogP contribution < -0.4 is 0 Å². The fraction of sp³-hybridized carbons (Fsp3) is 0.0588. The zero-order valence-corrected chi connectivity index (χ0v) is 29.8. The van der Waals surface area contributed by atoms with E-state index in [9.17, 15) is 0 Å². The standard InChI is InChI=1S/C51H38N2/c1-51(2)46-26-14-13-24-44(46)49-43(25-15-27-47(49)51)42-30-28-35(39-21-11-12-23-41(39)42)29-31-48(53-50(52)36-18-7-4-8-19-36)38-32-37-20-9-10-22-40(37)45(33-38)34-16-5-3-6-17-34/h3-33,52H,1-2H3/b31-29+,52-50?,53-48?. The Hall–Kier alpha value is -6.64. The molecule has 0 saturated carbocycles. The number of allylic oxidation sites excluding steroid dienone is 1. The summed E-state index contributed by atoms with van der Waals surface area (Å²) >= 11 is 0. The molecular formula is C51H38N2. The Morgan fingerprint density at radius 2 is 1.15 bits per heavy atom. The number of benzene rings is 8. The second-order valence-electron chi connectivity index (χ2n) is 14.3. The molecule has 1 N–H and O–H groups in total. The first-order valence-corrected chi connectivity index (χ1v) is 18.2. The van der Waals surface area contributed by atoms with Crippen LogP contribution in [0.5, 0.6) is 0 Å². The molecule has 0 saturated heterocycles. The van der Waals surface area contributed by atoms with E-state index in [1.807, 2.05) is 36.4 Å². The topological polar surface area (TPSA) is 36.2 Å². The number of amidine groups is 1. The molecule has 2 nitrogen and oxygen atoms in total. The number of nitrogens with one attached hydrogen (secondary N) is 1. The Morgan fingerprint density at radius 1 is 0.509 bits per heavy atom. The van der Waals surface area contributed by atoms with Gasteiger partial charge in [-0.15, -0.1) is 0 Å². The highest BCUT2D eigenvalue weighted by molar-refractivity contribution is 6.20. The lowest BCUT2D eigenvalue weighted by Gasteiger charge is -2.21. The smallest absolute Gasteiger partial charge is 0.152 e. The molecule has 0 amide bonds. The maximum absolute atomic E-state index is 9.05. The van der Waals surface area contributed by atoms with E-state index in [4.69, 9.17) is 10.4 Å². The van der Waals surface area contributed by atoms with E-state index in [-0.39, 0.29) is 11.3 Å². The summed E-state index contributed by atoms with van der Waals surface area (Å²) in [7, 11) is 0. The van der Waals surface area contributed by atoms with E-state index >= 15 is 0 Å². The number of nitrogens with zero attached hydrogens (tertiary/aromatic N) is 1. The van der Waals surface area contributed by atoms with Crippen LogP contribution in [-0.4, -0.2) is 11.5 Å². The molecule has 0 aliphatic heterocycles. The van der Waals surface area contributed by atoms with Crippen molar-refractivity contribution in [3.05, 3.63) is 210 Å². The van der Waals surface area contributed by atoms with Crippen molar-refractivity contribution < 1.29 is 0 Å². The number of rotatable bonds is 6. The normalized spacial score (nSPS) is 13.4. The molecule has 8 aromatic rings. The van der Waals surface area contributed by atoms with Crippen molar-refractivity contribution in [1.82, 2.24) is 0 Å². The number of hydrogen-bond donors (Lipinski definition) is 1. The monoisotopic (exact) mass is 678 g/mol.